The summed E-state index contributed by atoms with van der Waals surface area (Å²) < 4.78 is 10.1. The van der Waals surface area contributed by atoms with Crippen LogP contribution in [0, 0.1) is 0 Å². The number of ether oxygens (including phenoxy) is 2. The van der Waals surface area contributed by atoms with Gasteiger partial charge in [-0.1, -0.05) is 6.07 Å². The number of rotatable bonds is 2. The monoisotopic (exact) mass is 219 g/mol. The van der Waals surface area contributed by atoms with Crippen molar-refractivity contribution < 1.29 is 19.1 Å². The molecule has 0 N–H and O–H groups in total. The van der Waals surface area contributed by atoms with Gasteiger partial charge in [-0.25, -0.2) is 4.99 Å². The van der Waals surface area contributed by atoms with Crippen LogP contribution in [0.2, 0.25) is 0 Å². The Balaban J connectivity index is 2.96. The Morgan fingerprint density at radius 3 is 2.50 bits per heavy atom. The minimum atomic E-state index is -0.822. The minimum Gasteiger partial charge on any atom is -0.496 e. The molecule has 2 rings (SSSR count). The third-order valence-corrected chi connectivity index (χ3v) is 2.28. The number of ketones is 1. The van der Waals surface area contributed by atoms with Crippen molar-refractivity contribution in [2.24, 2.45) is 4.99 Å². The van der Waals surface area contributed by atoms with E-state index in [4.69, 9.17) is 9.47 Å². The van der Waals surface area contributed by atoms with Crippen LogP contribution < -0.4 is 15.3 Å². The van der Waals surface area contributed by atoms with Crippen LogP contribution in [0.3, 0.4) is 0 Å². The number of benzene rings is 1. The molecular weight excluding hydrogens is 210 g/mol. The molecule has 1 aromatic rings. The van der Waals surface area contributed by atoms with Crippen molar-refractivity contribution in [3.8, 4) is 5.75 Å². The summed E-state index contributed by atoms with van der Waals surface area (Å²) in [4.78, 5) is 26.5. The van der Waals surface area contributed by atoms with Gasteiger partial charge in [-0.3, -0.25) is 9.59 Å². The highest BCUT2D eigenvalue weighted by Crippen LogP contribution is 2.06. The lowest BCUT2D eigenvalue weighted by molar-refractivity contribution is -0.133. The normalized spacial score (nSPS) is 14.2. The first-order valence-corrected chi connectivity index (χ1v) is 4.57. The average Bonchev–Trinajstić information content (AvgIpc) is 2.30. The molecule has 82 valence electrons. The molecule has 16 heavy (non-hydrogen) atoms. The molecule has 1 heterocycles. The SMILES string of the molecule is COC1=c2c(OC)cccc2=NC(=O)C1=O. The maximum atomic E-state index is 11.5. The Bertz CT molecular complexity index is 588. The van der Waals surface area contributed by atoms with Crippen molar-refractivity contribution in [1.82, 2.24) is 0 Å². The van der Waals surface area contributed by atoms with Crippen molar-refractivity contribution in [2.45, 2.75) is 0 Å². The Labute approximate surface area is 91.0 Å². The zero-order valence-electron chi connectivity index (χ0n) is 8.81. The second kappa shape index (κ2) is 3.77. The summed E-state index contributed by atoms with van der Waals surface area (Å²) in [6, 6.07) is 5.00. The van der Waals surface area contributed by atoms with Gasteiger partial charge in [-0.2, -0.15) is 0 Å². The lowest BCUT2D eigenvalue weighted by Gasteiger charge is -2.09. The molecule has 0 saturated carbocycles. The van der Waals surface area contributed by atoms with Crippen LogP contribution in [-0.4, -0.2) is 25.9 Å². The van der Waals surface area contributed by atoms with Gasteiger partial charge >= 0.3 is 5.91 Å². The molecule has 0 atom stereocenters. The van der Waals surface area contributed by atoms with Crippen LogP contribution in [0.15, 0.2) is 23.2 Å². The molecule has 1 aliphatic rings. The lowest BCUT2D eigenvalue weighted by Crippen LogP contribution is -2.39. The van der Waals surface area contributed by atoms with Gasteiger partial charge < -0.3 is 9.47 Å². The van der Waals surface area contributed by atoms with Crippen molar-refractivity contribution >= 4 is 17.4 Å². The topological polar surface area (TPSA) is 65.0 Å². The van der Waals surface area contributed by atoms with Crippen LogP contribution in [0.5, 0.6) is 5.75 Å². The fraction of sp³-hybridized carbons (Fsp3) is 0.182. The van der Waals surface area contributed by atoms with E-state index in [2.05, 4.69) is 4.99 Å². The fourth-order valence-electron chi connectivity index (χ4n) is 1.58. The Morgan fingerprint density at radius 2 is 1.88 bits per heavy atom. The summed E-state index contributed by atoms with van der Waals surface area (Å²) in [6.07, 6.45) is 0. The van der Waals surface area contributed by atoms with E-state index in [0.717, 1.165) is 0 Å². The van der Waals surface area contributed by atoms with Crippen LogP contribution in [0.25, 0.3) is 5.76 Å². The zero-order chi connectivity index (χ0) is 11.7. The van der Waals surface area contributed by atoms with E-state index < -0.39 is 11.7 Å². The maximum absolute atomic E-state index is 11.5. The van der Waals surface area contributed by atoms with E-state index in [9.17, 15) is 9.59 Å². The van der Waals surface area contributed by atoms with E-state index >= 15 is 0 Å². The second-order valence-corrected chi connectivity index (χ2v) is 3.13. The highest BCUT2D eigenvalue weighted by Gasteiger charge is 2.25. The van der Waals surface area contributed by atoms with Crippen molar-refractivity contribution in [2.75, 3.05) is 14.2 Å². The first kappa shape index (κ1) is 10.4. The Kier molecular flexibility index (Phi) is 2.44. The van der Waals surface area contributed by atoms with Gasteiger partial charge in [0, 0.05) is 0 Å². The number of amides is 1. The molecule has 1 aromatic carbocycles. The van der Waals surface area contributed by atoms with E-state index in [1.54, 1.807) is 18.2 Å². The van der Waals surface area contributed by atoms with Crippen LogP contribution in [0.4, 0.5) is 0 Å². The standard InChI is InChI=1S/C11H9NO4/c1-15-7-5-3-4-6-8(7)10(16-2)9(13)11(14)12-6/h3-5H,1-2H3. The number of carbonyl (C=O) groups excluding carboxylic acids is 2. The summed E-state index contributed by atoms with van der Waals surface area (Å²) in [5.74, 6) is -1.14. The number of Topliss-reactive ketones (excluding diaryl/α,β-unsaturated/α-hetero) is 1. The van der Waals surface area contributed by atoms with Crippen molar-refractivity contribution in [1.29, 1.82) is 0 Å². The lowest BCUT2D eigenvalue weighted by atomic mass is 10.1. The summed E-state index contributed by atoms with van der Waals surface area (Å²) in [5.41, 5.74) is 0. The van der Waals surface area contributed by atoms with Gasteiger partial charge in [-0.05, 0) is 12.1 Å². The van der Waals surface area contributed by atoms with E-state index in [1.165, 1.54) is 14.2 Å². The number of hydrogen-bond acceptors (Lipinski definition) is 4. The van der Waals surface area contributed by atoms with Gasteiger partial charge in [0.05, 0.1) is 24.8 Å². The molecule has 0 saturated heterocycles. The summed E-state index contributed by atoms with van der Waals surface area (Å²) in [6.45, 7) is 0. The van der Waals surface area contributed by atoms with Crippen molar-refractivity contribution in [3.63, 3.8) is 0 Å². The summed E-state index contributed by atoms with van der Waals surface area (Å²) >= 11 is 0. The highest BCUT2D eigenvalue weighted by molar-refractivity contribution is 6.50. The molecule has 5 nitrogen and oxygen atoms in total. The van der Waals surface area contributed by atoms with Gasteiger partial charge in [0.2, 0.25) is 0 Å². The average molecular weight is 219 g/mol. The first-order chi connectivity index (χ1) is 7.69. The van der Waals surface area contributed by atoms with Crippen LogP contribution in [0.1, 0.15) is 0 Å². The molecule has 0 bridgehead atoms. The molecule has 0 aliphatic carbocycles. The Hall–Kier alpha value is -2.17. The molecule has 0 aromatic heterocycles. The molecule has 5 heteroatoms. The van der Waals surface area contributed by atoms with Crippen LogP contribution >= 0.6 is 0 Å². The van der Waals surface area contributed by atoms with Gasteiger partial charge in [-0.15, -0.1) is 0 Å². The highest BCUT2D eigenvalue weighted by atomic mass is 16.5. The fourth-order valence-corrected chi connectivity index (χ4v) is 1.58. The van der Waals surface area contributed by atoms with E-state index in [1.807, 2.05) is 0 Å². The molecule has 0 spiro atoms. The predicted octanol–water partition coefficient (Wildman–Crippen LogP) is -0.821. The quantitative estimate of drug-likeness (QED) is 0.609. The predicted molar refractivity (Wildman–Crippen MR) is 54.2 cm³/mol. The van der Waals surface area contributed by atoms with Gasteiger partial charge in [0.1, 0.15) is 5.75 Å². The third kappa shape index (κ3) is 1.37. The van der Waals surface area contributed by atoms with Gasteiger partial charge in [0.15, 0.2) is 5.76 Å². The Morgan fingerprint density at radius 1 is 1.12 bits per heavy atom. The number of fused-ring (bicyclic) bond motifs is 1. The van der Waals surface area contributed by atoms with Crippen LogP contribution in [-0.2, 0) is 14.3 Å². The molecule has 0 fully saturated rings. The number of carbonyl (C=O) groups is 2. The maximum Gasteiger partial charge on any atom is 0.321 e. The first-order valence-electron chi connectivity index (χ1n) is 4.57. The number of hydrogen-bond donors (Lipinski definition) is 0. The summed E-state index contributed by atoms with van der Waals surface area (Å²) in [5, 5.41) is 0.818. The molecule has 0 radical (unpaired) electrons. The zero-order valence-corrected chi connectivity index (χ0v) is 8.81. The van der Waals surface area contributed by atoms with E-state index in [-0.39, 0.29) is 5.76 Å². The van der Waals surface area contributed by atoms with E-state index in [0.29, 0.717) is 16.3 Å². The van der Waals surface area contributed by atoms with Gasteiger partial charge in [0.25, 0.3) is 5.78 Å². The molecule has 0 unspecified atom stereocenters. The molecule has 1 aliphatic heterocycles. The number of nitrogens with zero attached hydrogens (tertiary/aromatic N) is 1. The minimum absolute atomic E-state index is 0.0209. The second-order valence-electron chi connectivity index (χ2n) is 3.13. The summed E-state index contributed by atoms with van der Waals surface area (Å²) in [7, 11) is 2.81. The third-order valence-electron chi connectivity index (χ3n) is 2.28. The largest absolute Gasteiger partial charge is 0.496 e. The van der Waals surface area contributed by atoms with Crippen molar-refractivity contribution in [3.05, 3.63) is 28.8 Å². The number of methoxy groups -OCH3 is 2. The molecule has 1 amide bonds. The molecular formula is C11H9NO4. The smallest absolute Gasteiger partial charge is 0.321 e.